The molecule has 1 aromatic rings. The summed E-state index contributed by atoms with van der Waals surface area (Å²) in [6.45, 7) is 0.468. The second-order valence-corrected chi connectivity index (χ2v) is 4.80. The monoisotopic (exact) mass is 309 g/mol. The Balaban J connectivity index is 2.26. The molecular weight excluding hydrogens is 294 g/mol. The van der Waals surface area contributed by atoms with Crippen LogP contribution in [-0.2, 0) is 4.79 Å². The fourth-order valence-electron chi connectivity index (χ4n) is 1.64. The number of hydrogen-bond acceptors (Lipinski definition) is 3. The van der Waals surface area contributed by atoms with Crippen molar-refractivity contribution < 1.29 is 14.7 Å². The quantitative estimate of drug-likeness (QED) is 0.674. The molecular formula is C14H16ClN3O3. The zero-order chi connectivity index (χ0) is 15.7. The second kappa shape index (κ2) is 8.82. The van der Waals surface area contributed by atoms with Gasteiger partial charge in [-0.1, -0.05) is 18.0 Å². The van der Waals surface area contributed by atoms with Crippen molar-refractivity contribution in [3.8, 4) is 6.07 Å². The van der Waals surface area contributed by atoms with Crippen molar-refractivity contribution in [3.63, 3.8) is 0 Å². The molecule has 112 valence electrons. The van der Waals surface area contributed by atoms with E-state index in [1.807, 2.05) is 6.07 Å². The van der Waals surface area contributed by atoms with Crippen LogP contribution in [-0.4, -0.2) is 23.7 Å². The number of aliphatic carboxylic acids is 1. The molecule has 0 bridgehead atoms. The summed E-state index contributed by atoms with van der Waals surface area (Å²) in [6, 6.07) is 6.20. The maximum absolute atomic E-state index is 11.6. The maximum Gasteiger partial charge on any atom is 0.319 e. The molecule has 1 aromatic carbocycles. The summed E-state index contributed by atoms with van der Waals surface area (Å²) in [4.78, 5) is 21.9. The molecule has 0 atom stereocenters. The van der Waals surface area contributed by atoms with E-state index in [0.717, 1.165) is 12.8 Å². The maximum atomic E-state index is 11.6. The number of carbonyl (C=O) groups is 2. The lowest BCUT2D eigenvalue weighted by Gasteiger charge is -2.08. The molecule has 3 N–H and O–H groups in total. The van der Waals surface area contributed by atoms with E-state index >= 15 is 0 Å². The molecule has 0 radical (unpaired) electrons. The van der Waals surface area contributed by atoms with Gasteiger partial charge in [-0.25, -0.2) is 4.79 Å². The average molecular weight is 310 g/mol. The Hall–Kier alpha value is -2.26. The highest BCUT2D eigenvalue weighted by Crippen LogP contribution is 2.19. The molecule has 0 fully saturated rings. The van der Waals surface area contributed by atoms with Crippen LogP contribution in [0.3, 0.4) is 0 Å². The molecule has 0 unspecified atom stereocenters. The van der Waals surface area contributed by atoms with Gasteiger partial charge >= 0.3 is 12.0 Å². The van der Waals surface area contributed by atoms with E-state index in [1.165, 1.54) is 12.1 Å². The number of rotatable bonds is 7. The molecule has 0 aromatic heterocycles. The number of halogens is 1. The first-order valence-corrected chi connectivity index (χ1v) is 6.87. The number of urea groups is 1. The highest BCUT2D eigenvalue weighted by atomic mass is 35.5. The lowest BCUT2D eigenvalue weighted by Crippen LogP contribution is -2.29. The molecule has 2 amide bonds. The third-order valence-electron chi connectivity index (χ3n) is 2.70. The Morgan fingerprint density at radius 2 is 2.05 bits per heavy atom. The van der Waals surface area contributed by atoms with E-state index in [1.54, 1.807) is 6.07 Å². The highest BCUT2D eigenvalue weighted by molar-refractivity contribution is 6.32. The van der Waals surface area contributed by atoms with Gasteiger partial charge in [-0.05, 0) is 31.0 Å². The van der Waals surface area contributed by atoms with Crippen LogP contribution in [0.5, 0.6) is 0 Å². The zero-order valence-corrected chi connectivity index (χ0v) is 12.1. The Morgan fingerprint density at radius 3 is 2.67 bits per heavy atom. The smallest absolute Gasteiger partial charge is 0.319 e. The van der Waals surface area contributed by atoms with Crippen LogP contribution in [0.2, 0.25) is 5.02 Å². The molecule has 0 heterocycles. The Bertz CT molecular complexity index is 555. The van der Waals surface area contributed by atoms with Crippen LogP contribution in [0.15, 0.2) is 18.2 Å². The summed E-state index contributed by atoms with van der Waals surface area (Å²) in [5.74, 6) is -0.807. The number of carboxylic acid groups (broad SMARTS) is 1. The normalized spacial score (nSPS) is 9.71. The van der Waals surface area contributed by atoms with Crippen molar-refractivity contribution in [1.82, 2.24) is 5.32 Å². The standard InChI is InChI=1S/C14H16ClN3O3/c15-12-8-11(6-5-10(12)9-16)18-14(21)17-7-3-1-2-4-13(19)20/h5-6,8H,1-4,7H2,(H,19,20)(H2,17,18,21). The summed E-state index contributed by atoms with van der Waals surface area (Å²) in [7, 11) is 0. The van der Waals surface area contributed by atoms with E-state index in [9.17, 15) is 9.59 Å². The predicted molar refractivity (Wildman–Crippen MR) is 79.3 cm³/mol. The van der Waals surface area contributed by atoms with Crippen molar-refractivity contribution in [2.24, 2.45) is 0 Å². The van der Waals surface area contributed by atoms with Crippen molar-refractivity contribution >= 4 is 29.3 Å². The van der Waals surface area contributed by atoms with Gasteiger partial charge < -0.3 is 15.7 Å². The van der Waals surface area contributed by atoms with Crippen LogP contribution in [0.1, 0.15) is 31.2 Å². The van der Waals surface area contributed by atoms with Gasteiger partial charge in [0.05, 0.1) is 10.6 Å². The lowest BCUT2D eigenvalue weighted by molar-refractivity contribution is -0.137. The minimum absolute atomic E-state index is 0.149. The zero-order valence-electron chi connectivity index (χ0n) is 11.4. The van der Waals surface area contributed by atoms with Crippen molar-refractivity contribution in [2.45, 2.75) is 25.7 Å². The van der Waals surface area contributed by atoms with Crippen LogP contribution in [0, 0.1) is 11.3 Å². The number of carboxylic acids is 1. The number of unbranched alkanes of at least 4 members (excludes halogenated alkanes) is 2. The van der Waals surface area contributed by atoms with E-state index in [2.05, 4.69) is 10.6 Å². The molecule has 0 aliphatic rings. The minimum atomic E-state index is -0.807. The van der Waals surface area contributed by atoms with Crippen molar-refractivity contribution in [1.29, 1.82) is 5.26 Å². The molecule has 0 saturated heterocycles. The molecule has 0 aliphatic heterocycles. The number of amides is 2. The summed E-state index contributed by atoms with van der Waals surface area (Å²) < 4.78 is 0. The van der Waals surface area contributed by atoms with E-state index < -0.39 is 5.97 Å². The lowest BCUT2D eigenvalue weighted by atomic mass is 10.2. The number of nitriles is 1. The van der Waals surface area contributed by atoms with Gasteiger partial charge in [0.15, 0.2) is 0 Å². The van der Waals surface area contributed by atoms with Gasteiger partial charge in [0, 0.05) is 18.7 Å². The Kier molecular flexibility index (Phi) is 7.05. The summed E-state index contributed by atoms with van der Waals surface area (Å²) in [5, 5.41) is 22.8. The summed E-state index contributed by atoms with van der Waals surface area (Å²) in [5.41, 5.74) is 0.850. The SMILES string of the molecule is N#Cc1ccc(NC(=O)NCCCCCC(=O)O)cc1Cl. The number of benzene rings is 1. The fraction of sp³-hybridized carbons (Fsp3) is 0.357. The summed E-state index contributed by atoms with van der Waals surface area (Å²) >= 11 is 5.86. The summed E-state index contributed by atoms with van der Waals surface area (Å²) in [6.07, 6.45) is 2.21. The topological polar surface area (TPSA) is 102 Å². The van der Waals surface area contributed by atoms with Crippen molar-refractivity contribution in [2.75, 3.05) is 11.9 Å². The molecule has 1 rings (SSSR count). The fourth-order valence-corrected chi connectivity index (χ4v) is 1.86. The highest BCUT2D eigenvalue weighted by Gasteiger charge is 2.04. The number of anilines is 1. The molecule has 0 aliphatic carbocycles. The van der Waals surface area contributed by atoms with Crippen LogP contribution < -0.4 is 10.6 Å². The van der Waals surface area contributed by atoms with Gasteiger partial charge in [-0.15, -0.1) is 0 Å². The van der Waals surface area contributed by atoms with E-state index in [0.29, 0.717) is 24.2 Å². The predicted octanol–water partition coefficient (Wildman–Crippen LogP) is 2.98. The number of carbonyl (C=O) groups excluding carboxylic acids is 1. The van der Waals surface area contributed by atoms with Gasteiger partial charge in [-0.3, -0.25) is 4.79 Å². The Morgan fingerprint density at radius 1 is 1.29 bits per heavy atom. The Labute approximate surface area is 127 Å². The first-order chi connectivity index (χ1) is 10.0. The van der Waals surface area contributed by atoms with Gasteiger partial charge in [-0.2, -0.15) is 5.26 Å². The van der Waals surface area contributed by atoms with E-state index in [4.69, 9.17) is 22.0 Å². The van der Waals surface area contributed by atoms with Gasteiger partial charge in [0.25, 0.3) is 0 Å². The van der Waals surface area contributed by atoms with Crippen LogP contribution in [0.4, 0.5) is 10.5 Å². The number of nitrogens with zero attached hydrogens (tertiary/aromatic N) is 1. The van der Waals surface area contributed by atoms with Crippen LogP contribution in [0.25, 0.3) is 0 Å². The van der Waals surface area contributed by atoms with Crippen LogP contribution >= 0.6 is 11.6 Å². The molecule has 7 heteroatoms. The average Bonchev–Trinajstić information content (AvgIpc) is 2.42. The van der Waals surface area contributed by atoms with Crippen molar-refractivity contribution in [3.05, 3.63) is 28.8 Å². The number of hydrogen-bond donors (Lipinski definition) is 3. The third-order valence-corrected chi connectivity index (χ3v) is 3.01. The largest absolute Gasteiger partial charge is 0.481 e. The second-order valence-electron chi connectivity index (χ2n) is 4.39. The first-order valence-electron chi connectivity index (χ1n) is 6.49. The van der Waals surface area contributed by atoms with E-state index in [-0.39, 0.29) is 17.5 Å². The minimum Gasteiger partial charge on any atom is -0.481 e. The van der Waals surface area contributed by atoms with Gasteiger partial charge in [0.2, 0.25) is 0 Å². The molecule has 6 nitrogen and oxygen atoms in total. The number of nitrogens with one attached hydrogen (secondary N) is 2. The first kappa shape index (κ1) is 16.8. The molecule has 0 spiro atoms. The third kappa shape index (κ3) is 6.63. The molecule has 21 heavy (non-hydrogen) atoms. The molecule has 0 saturated carbocycles. The van der Waals surface area contributed by atoms with Gasteiger partial charge in [0.1, 0.15) is 6.07 Å².